The number of carbonyl (C=O) groups excluding carboxylic acids is 1. The number of esters is 1. The Morgan fingerprint density at radius 2 is 2.11 bits per heavy atom. The molecule has 6 heteroatoms. The summed E-state index contributed by atoms with van der Waals surface area (Å²) in [4.78, 5) is 11.4. The summed E-state index contributed by atoms with van der Waals surface area (Å²) >= 11 is 6.07. The van der Waals surface area contributed by atoms with E-state index in [-0.39, 0.29) is 12.7 Å². The Kier molecular flexibility index (Phi) is 5.92. The van der Waals surface area contributed by atoms with Crippen molar-refractivity contribution in [3.05, 3.63) is 22.7 Å². The average molecular weight is 288 g/mol. The van der Waals surface area contributed by atoms with Gasteiger partial charge in [0.1, 0.15) is 0 Å². The molecular weight excluding hydrogens is 270 g/mol. The van der Waals surface area contributed by atoms with E-state index >= 15 is 0 Å². The normalized spacial score (nSPS) is 10.4. The second kappa shape index (κ2) is 7.21. The summed E-state index contributed by atoms with van der Waals surface area (Å²) in [5.74, 6) is 0.281. The minimum absolute atomic E-state index is 0.187. The van der Waals surface area contributed by atoms with Gasteiger partial charge in [0, 0.05) is 6.54 Å². The number of halogens is 1. The van der Waals surface area contributed by atoms with Gasteiger partial charge in [-0.3, -0.25) is 0 Å². The number of hydrogen-bond donors (Lipinski definition) is 1. The lowest BCUT2D eigenvalue weighted by atomic mass is 10.2. The van der Waals surface area contributed by atoms with Crippen molar-refractivity contribution < 1.29 is 19.0 Å². The lowest BCUT2D eigenvalue weighted by molar-refractivity contribution is -0.149. The zero-order valence-electron chi connectivity index (χ0n) is 11.2. The zero-order valence-corrected chi connectivity index (χ0v) is 12.0. The van der Waals surface area contributed by atoms with Crippen LogP contribution in [-0.2, 0) is 16.1 Å². The molecule has 0 radical (unpaired) electrons. The highest BCUT2D eigenvalue weighted by Crippen LogP contribution is 2.36. The van der Waals surface area contributed by atoms with Crippen molar-refractivity contribution in [2.24, 2.45) is 5.73 Å². The van der Waals surface area contributed by atoms with Crippen molar-refractivity contribution >= 4 is 17.6 Å². The van der Waals surface area contributed by atoms with Crippen LogP contribution in [0.1, 0.15) is 19.4 Å². The first kappa shape index (κ1) is 15.6. The van der Waals surface area contributed by atoms with E-state index < -0.39 is 5.97 Å². The molecule has 2 N–H and O–H groups in total. The van der Waals surface area contributed by atoms with Crippen molar-refractivity contribution in [2.75, 3.05) is 13.7 Å². The van der Waals surface area contributed by atoms with Crippen molar-refractivity contribution in [3.63, 3.8) is 0 Å². The van der Waals surface area contributed by atoms with Crippen LogP contribution in [0.5, 0.6) is 11.5 Å². The third kappa shape index (κ3) is 4.61. The van der Waals surface area contributed by atoms with E-state index in [2.05, 4.69) is 0 Å². The van der Waals surface area contributed by atoms with Crippen LogP contribution in [0.25, 0.3) is 0 Å². The molecule has 0 heterocycles. The highest BCUT2D eigenvalue weighted by molar-refractivity contribution is 6.32. The largest absolute Gasteiger partial charge is 0.493 e. The Balaban J connectivity index is 2.80. The molecule has 0 amide bonds. The molecule has 0 atom stereocenters. The smallest absolute Gasteiger partial charge is 0.344 e. The first-order valence-corrected chi connectivity index (χ1v) is 6.24. The summed E-state index contributed by atoms with van der Waals surface area (Å²) in [6, 6.07) is 3.39. The monoisotopic (exact) mass is 287 g/mol. The van der Waals surface area contributed by atoms with Gasteiger partial charge in [-0.2, -0.15) is 0 Å². The number of benzene rings is 1. The van der Waals surface area contributed by atoms with Crippen LogP contribution >= 0.6 is 11.6 Å². The molecule has 0 unspecified atom stereocenters. The molecule has 0 bridgehead atoms. The standard InChI is InChI=1S/C13H18ClNO4/c1-8(2)19-12(16)7-18-13-10(14)4-9(6-15)5-11(13)17-3/h4-5,8H,6-7,15H2,1-3H3. The number of carbonyl (C=O) groups is 1. The molecule has 0 aliphatic heterocycles. The Hall–Kier alpha value is -1.46. The van der Waals surface area contributed by atoms with Gasteiger partial charge in [0.15, 0.2) is 18.1 Å². The highest BCUT2D eigenvalue weighted by atomic mass is 35.5. The fourth-order valence-electron chi connectivity index (χ4n) is 1.46. The molecule has 19 heavy (non-hydrogen) atoms. The minimum Gasteiger partial charge on any atom is -0.493 e. The van der Waals surface area contributed by atoms with Gasteiger partial charge in [-0.05, 0) is 31.5 Å². The molecule has 0 saturated carbocycles. The van der Waals surface area contributed by atoms with E-state index in [9.17, 15) is 4.79 Å². The Morgan fingerprint density at radius 3 is 2.63 bits per heavy atom. The van der Waals surface area contributed by atoms with Gasteiger partial charge < -0.3 is 19.9 Å². The highest BCUT2D eigenvalue weighted by Gasteiger charge is 2.14. The third-order valence-electron chi connectivity index (χ3n) is 2.23. The fourth-order valence-corrected chi connectivity index (χ4v) is 1.75. The van der Waals surface area contributed by atoms with Crippen LogP contribution in [0.4, 0.5) is 0 Å². The number of rotatable bonds is 6. The Morgan fingerprint density at radius 1 is 1.42 bits per heavy atom. The number of hydrogen-bond acceptors (Lipinski definition) is 5. The van der Waals surface area contributed by atoms with E-state index in [1.165, 1.54) is 7.11 Å². The molecule has 5 nitrogen and oxygen atoms in total. The maximum absolute atomic E-state index is 11.4. The molecule has 1 aromatic carbocycles. The van der Waals surface area contributed by atoms with Crippen LogP contribution < -0.4 is 15.2 Å². The Labute approximate surface area is 117 Å². The summed E-state index contributed by atoms with van der Waals surface area (Å²) < 4.78 is 15.5. The summed E-state index contributed by atoms with van der Waals surface area (Å²) in [6.45, 7) is 3.64. The second-order valence-corrected chi connectivity index (χ2v) is 4.55. The number of nitrogens with two attached hydrogens (primary N) is 1. The lowest BCUT2D eigenvalue weighted by Gasteiger charge is -2.14. The van der Waals surface area contributed by atoms with Crippen molar-refractivity contribution in [1.29, 1.82) is 0 Å². The molecule has 0 spiro atoms. The van der Waals surface area contributed by atoms with Crippen molar-refractivity contribution in [3.8, 4) is 11.5 Å². The maximum Gasteiger partial charge on any atom is 0.344 e. The van der Waals surface area contributed by atoms with Crippen LogP contribution in [0, 0.1) is 0 Å². The van der Waals surface area contributed by atoms with E-state index in [1.54, 1.807) is 26.0 Å². The van der Waals surface area contributed by atoms with E-state index in [0.717, 1.165) is 5.56 Å². The first-order chi connectivity index (χ1) is 8.97. The third-order valence-corrected chi connectivity index (χ3v) is 2.51. The molecular formula is C13H18ClNO4. The van der Waals surface area contributed by atoms with Crippen molar-refractivity contribution in [1.82, 2.24) is 0 Å². The predicted molar refractivity (Wildman–Crippen MR) is 72.6 cm³/mol. The lowest BCUT2D eigenvalue weighted by Crippen LogP contribution is -2.19. The summed E-state index contributed by atoms with van der Waals surface area (Å²) in [7, 11) is 1.49. The molecule has 0 aliphatic carbocycles. The summed E-state index contributed by atoms with van der Waals surface area (Å²) in [5.41, 5.74) is 6.36. The molecule has 106 valence electrons. The molecule has 1 aromatic rings. The summed E-state index contributed by atoms with van der Waals surface area (Å²) in [6.07, 6.45) is -0.187. The number of ether oxygens (including phenoxy) is 3. The predicted octanol–water partition coefficient (Wildman–Crippen LogP) is 2.14. The van der Waals surface area contributed by atoms with Gasteiger partial charge in [-0.15, -0.1) is 0 Å². The summed E-state index contributed by atoms with van der Waals surface area (Å²) in [5, 5.41) is 0.345. The van der Waals surface area contributed by atoms with E-state index in [4.69, 9.17) is 31.5 Å². The average Bonchev–Trinajstić information content (AvgIpc) is 2.35. The van der Waals surface area contributed by atoms with Crippen LogP contribution in [0.15, 0.2) is 12.1 Å². The maximum atomic E-state index is 11.4. The second-order valence-electron chi connectivity index (χ2n) is 4.14. The molecule has 0 saturated heterocycles. The fraction of sp³-hybridized carbons (Fsp3) is 0.462. The SMILES string of the molecule is COc1cc(CN)cc(Cl)c1OCC(=O)OC(C)C. The van der Waals surface area contributed by atoms with E-state index in [0.29, 0.717) is 23.1 Å². The van der Waals surface area contributed by atoms with Crippen LogP contribution in [0.2, 0.25) is 5.02 Å². The van der Waals surface area contributed by atoms with E-state index in [1.807, 2.05) is 0 Å². The van der Waals surface area contributed by atoms with Crippen LogP contribution in [-0.4, -0.2) is 25.8 Å². The van der Waals surface area contributed by atoms with Gasteiger partial charge in [-0.1, -0.05) is 11.6 Å². The first-order valence-electron chi connectivity index (χ1n) is 5.86. The van der Waals surface area contributed by atoms with Crippen LogP contribution in [0.3, 0.4) is 0 Å². The Bertz CT molecular complexity index is 449. The molecule has 0 aliphatic rings. The minimum atomic E-state index is -0.462. The molecule has 0 fully saturated rings. The van der Waals surface area contributed by atoms with Gasteiger partial charge >= 0.3 is 5.97 Å². The quantitative estimate of drug-likeness (QED) is 0.812. The van der Waals surface area contributed by atoms with Gasteiger partial charge in [0.05, 0.1) is 18.2 Å². The molecule has 1 rings (SSSR count). The number of methoxy groups -OCH3 is 1. The topological polar surface area (TPSA) is 70.8 Å². The van der Waals surface area contributed by atoms with Gasteiger partial charge in [0.2, 0.25) is 0 Å². The van der Waals surface area contributed by atoms with Gasteiger partial charge in [0.25, 0.3) is 0 Å². The zero-order chi connectivity index (χ0) is 14.4. The molecule has 0 aromatic heterocycles. The van der Waals surface area contributed by atoms with Crippen molar-refractivity contribution in [2.45, 2.75) is 26.5 Å². The van der Waals surface area contributed by atoms with Gasteiger partial charge in [-0.25, -0.2) is 4.79 Å².